The Hall–Kier alpha value is 0.717. The first-order chi connectivity index (χ1) is 4.61. The topological polar surface area (TPSA) is 32.3 Å². The van der Waals surface area contributed by atoms with Gasteiger partial charge in [0.1, 0.15) is 0 Å². The summed E-state index contributed by atoms with van der Waals surface area (Å²) in [4.78, 5) is 11.4. The second-order valence-corrected chi connectivity index (χ2v) is 6.58. The Balaban J connectivity index is 0.000001000. The quantitative estimate of drug-likeness (QED) is 0.429. The summed E-state index contributed by atoms with van der Waals surface area (Å²) in [5, 5.41) is 0.749. The van der Waals surface area contributed by atoms with Gasteiger partial charge in [0.25, 0.3) is 0 Å². The van der Waals surface area contributed by atoms with Crippen LogP contribution in [-0.4, -0.2) is 14.9 Å². The van der Waals surface area contributed by atoms with Gasteiger partial charge >= 0.3 is 29.6 Å². The SMILES string of the molecule is C[Si](C)([O-])C1=CCCCO1.[Na+]. The molecule has 0 spiro atoms. The Morgan fingerprint density at radius 3 is 2.45 bits per heavy atom. The third kappa shape index (κ3) is 3.76. The van der Waals surface area contributed by atoms with Crippen LogP contribution in [0.1, 0.15) is 12.8 Å². The molecule has 1 aliphatic heterocycles. The third-order valence-electron chi connectivity index (χ3n) is 1.53. The van der Waals surface area contributed by atoms with Crippen molar-refractivity contribution in [1.82, 2.24) is 0 Å². The van der Waals surface area contributed by atoms with Gasteiger partial charge in [-0.25, -0.2) is 0 Å². The first-order valence-corrected chi connectivity index (χ1v) is 6.55. The molecule has 58 valence electrons. The zero-order valence-corrected chi connectivity index (χ0v) is 10.5. The molecule has 0 aromatic rings. The van der Waals surface area contributed by atoms with Crippen LogP contribution in [-0.2, 0) is 4.74 Å². The van der Waals surface area contributed by atoms with Gasteiger partial charge in [0.2, 0.25) is 0 Å². The van der Waals surface area contributed by atoms with Gasteiger partial charge in [-0.1, -0.05) is 19.2 Å². The van der Waals surface area contributed by atoms with E-state index < -0.39 is 8.32 Å². The van der Waals surface area contributed by atoms with Crippen molar-refractivity contribution in [2.45, 2.75) is 25.9 Å². The van der Waals surface area contributed by atoms with E-state index in [-0.39, 0.29) is 29.6 Å². The van der Waals surface area contributed by atoms with Gasteiger partial charge in [0.05, 0.1) is 12.0 Å². The van der Waals surface area contributed by atoms with Crippen molar-refractivity contribution in [2.75, 3.05) is 6.61 Å². The number of allylic oxidation sites excluding steroid dienone is 1. The minimum absolute atomic E-state index is 0. The van der Waals surface area contributed by atoms with E-state index in [4.69, 9.17) is 4.74 Å². The minimum atomic E-state index is -2.37. The average molecular weight is 180 g/mol. The molecule has 0 bridgehead atoms. The third-order valence-corrected chi connectivity index (χ3v) is 3.06. The normalized spacial score (nSPS) is 17.9. The monoisotopic (exact) mass is 180 g/mol. The molecule has 0 aliphatic carbocycles. The summed E-state index contributed by atoms with van der Waals surface area (Å²) >= 11 is 0. The van der Waals surface area contributed by atoms with E-state index in [9.17, 15) is 4.80 Å². The van der Waals surface area contributed by atoms with Gasteiger partial charge in [-0.2, -0.15) is 0 Å². The predicted octanol–water partition coefficient (Wildman–Crippen LogP) is -2.21. The fourth-order valence-electron chi connectivity index (χ4n) is 0.977. The van der Waals surface area contributed by atoms with Gasteiger partial charge in [-0.05, 0) is 12.8 Å². The molecule has 0 amide bonds. The van der Waals surface area contributed by atoms with E-state index >= 15 is 0 Å². The van der Waals surface area contributed by atoms with Crippen molar-refractivity contribution in [3.05, 3.63) is 11.5 Å². The first-order valence-electron chi connectivity index (χ1n) is 3.64. The Labute approximate surface area is 91.1 Å². The fraction of sp³-hybridized carbons (Fsp3) is 0.714. The maximum atomic E-state index is 11.4. The number of hydrogen-bond acceptors (Lipinski definition) is 2. The maximum Gasteiger partial charge on any atom is 1.00 e. The fourth-order valence-corrected chi connectivity index (χ4v) is 2.06. The Kier molecular flexibility index (Phi) is 4.98. The van der Waals surface area contributed by atoms with Crippen LogP contribution >= 0.6 is 0 Å². The molecule has 0 aromatic carbocycles. The van der Waals surface area contributed by atoms with Gasteiger partial charge in [0, 0.05) is 8.32 Å². The largest absolute Gasteiger partial charge is 1.00 e. The summed E-state index contributed by atoms with van der Waals surface area (Å²) in [6.45, 7) is 4.28. The Morgan fingerprint density at radius 1 is 1.55 bits per heavy atom. The number of rotatable bonds is 1. The molecular formula is C7H13NaO2Si. The molecule has 0 N–H and O–H groups in total. The Bertz CT molecular complexity index is 151. The van der Waals surface area contributed by atoms with Crippen LogP contribution in [0, 0.1) is 0 Å². The molecular weight excluding hydrogens is 167 g/mol. The zero-order valence-electron chi connectivity index (χ0n) is 7.52. The molecule has 4 heteroatoms. The standard InChI is InChI=1S/C7H13O2Si.Na/c1-10(2,8)7-5-3-4-6-9-7;/h5H,3-4,6H2,1-2H3;/q-1;+1. The van der Waals surface area contributed by atoms with Crippen molar-refractivity contribution in [2.24, 2.45) is 0 Å². The Morgan fingerprint density at radius 2 is 2.18 bits per heavy atom. The molecule has 1 aliphatic rings. The van der Waals surface area contributed by atoms with Crippen LogP contribution in [0.5, 0.6) is 0 Å². The van der Waals surface area contributed by atoms with E-state index in [1.54, 1.807) is 13.1 Å². The molecule has 2 nitrogen and oxygen atoms in total. The predicted molar refractivity (Wildman–Crippen MR) is 40.8 cm³/mol. The second-order valence-electron chi connectivity index (χ2n) is 3.07. The maximum absolute atomic E-state index is 11.4. The van der Waals surface area contributed by atoms with Crippen LogP contribution in [0.4, 0.5) is 0 Å². The van der Waals surface area contributed by atoms with Crippen LogP contribution in [0.3, 0.4) is 0 Å². The van der Waals surface area contributed by atoms with E-state index in [0.717, 1.165) is 24.8 Å². The molecule has 0 saturated heterocycles. The zero-order chi connectivity index (χ0) is 7.61. The van der Waals surface area contributed by atoms with E-state index in [1.165, 1.54) is 0 Å². The van der Waals surface area contributed by atoms with Crippen molar-refractivity contribution in [1.29, 1.82) is 0 Å². The first kappa shape index (κ1) is 11.7. The molecule has 0 saturated carbocycles. The van der Waals surface area contributed by atoms with E-state index in [0.29, 0.717) is 0 Å². The summed E-state index contributed by atoms with van der Waals surface area (Å²) < 4.78 is 5.25. The van der Waals surface area contributed by atoms with E-state index in [2.05, 4.69) is 0 Å². The molecule has 1 rings (SSSR count). The van der Waals surface area contributed by atoms with Gasteiger partial charge in [-0.15, -0.1) is 0 Å². The van der Waals surface area contributed by atoms with Gasteiger partial charge < -0.3 is 9.53 Å². The van der Waals surface area contributed by atoms with Crippen LogP contribution in [0.25, 0.3) is 0 Å². The summed E-state index contributed by atoms with van der Waals surface area (Å²) in [5.74, 6) is 0. The second kappa shape index (κ2) is 4.67. The van der Waals surface area contributed by atoms with Crippen molar-refractivity contribution in [3.63, 3.8) is 0 Å². The van der Waals surface area contributed by atoms with Crippen molar-refractivity contribution in [3.8, 4) is 0 Å². The van der Waals surface area contributed by atoms with Crippen LogP contribution in [0.15, 0.2) is 11.5 Å². The molecule has 0 fully saturated rings. The van der Waals surface area contributed by atoms with Crippen LogP contribution < -0.4 is 34.4 Å². The smallest absolute Gasteiger partial charge is 0.853 e. The minimum Gasteiger partial charge on any atom is -0.853 e. The van der Waals surface area contributed by atoms with Crippen molar-refractivity contribution < 1.29 is 39.1 Å². The van der Waals surface area contributed by atoms with Gasteiger partial charge in [0.15, 0.2) is 0 Å². The van der Waals surface area contributed by atoms with Crippen molar-refractivity contribution >= 4 is 8.32 Å². The molecule has 11 heavy (non-hydrogen) atoms. The summed E-state index contributed by atoms with van der Waals surface area (Å²) in [7, 11) is -2.37. The molecule has 0 aromatic heterocycles. The van der Waals surface area contributed by atoms with Crippen LogP contribution in [0.2, 0.25) is 13.1 Å². The number of hydrogen-bond donors (Lipinski definition) is 0. The molecule has 1 heterocycles. The summed E-state index contributed by atoms with van der Waals surface area (Å²) in [5.41, 5.74) is 0. The summed E-state index contributed by atoms with van der Waals surface area (Å²) in [6, 6.07) is 0. The molecule has 0 unspecified atom stereocenters. The van der Waals surface area contributed by atoms with E-state index in [1.807, 2.05) is 6.08 Å². The molecule has 0 radical (unpaired) electrons. The molecule has 0 atom stereocenters. The average Bonchev–Trinajstić information content (AvgIpc) is 1.88. The number of ether oxygens (including phenoxy) is 1. The summed E-state index contributed by atoms with van der Waals surface area (Å²) in [6.07, 6.45) is 4.05. The van der Waals surface area contributed by atoms with Gasteiger partial charge in [-0.3, -0.25) is 0 Å².